The summed E-state index contributed by atoms with van der Waals surface area (Å²) in [4.78, 5) is 31.8. The lowest BCUT2D eigenvalue weighted by molar-refractivity contribution is -0.183. The fourth-order valence-electron chi connectivity index (χ4n) is 6.00. The van der Waals surface area contributed by atoms with Gasteiger partial charge in [0.15, 0.2) is 35.7 Å². The van der Waals surface area contributed by atoms with Gasteiger partial charge in [-0.2, -0.15) is 13.1 Å². The minimum Gasteiger partial charge on any atom is -0.397 e. The number of alkyl halides is 1. The molecule has 19 nitrogen and oxygen atoms in total. The van der Waals surface area contributed by atoms with Crippen molar-refractivity contribution < 1.29 is 45.1 Å². The van der Waals surface area contributed by atoms with E-state index in [0.717, 1.165) is 0 Å². The molecule has 0 radical (unpaired) electrons. The van der Waals surface area contributed by atoms with Crippen LogP contribution in [0, 0.1) is 0 Å². The normalized spacial score (nSPS) is 38.1. The minimum absolute atomic E-state index is 0.0633. The summed E-state index contributed by atoms with van der Waals surface area (Å²) in [6.45, 7) is -5.47. The fraction of sp³-hybridized carbons (Fsp3) is 0.500. The molecule has 4 aromatic rings. The van der Waals surface area contributed by atoms with Gasteiger partial charge in [-0.15, -0.1) is 0 Å². The van der Waals surface area contributed by atoms with Gasteiger partial charge < -0.3 is 35.1 Å². The van der Waals surface area contributed by atoms with E-state index >= 15 is 4.39 Å². The molecule has 2 bridgehead atoms. The second kappa shape index (κ2) is 10.2. The highest BCUT2D eigenvalue weighted by atomic mass is 32.5. The van der Waals surface area contributed by atoms with Gasteiger partial charge in [0.05, 0.1) is 31.6 Å². The van der Waals surface area contributed by atoms with Crippen LogP contribution >= 0.6 is 6.72 Å². The van der Waals surface area contributed by atoms with E-state index in [0.29, 0.717) is 16.9 Å². The molecular weight excluding hydrogens is 662 g/mol. The Hall–Kier alpha value is -3.02. The maximum Gasteiger partial charge on any atom is 0.336 e. The van der Waals surface area contributed by atoms with Crippen molar-refractivity contribution in [2.45, 2.75) is 48.6 Å². The predicted molar refractivity (Wildman–Crippen MR) is 152 cm³/mol. The molecule has 9 atom stereocenters. The second-order valence-corrected chi connectivity index (χ2v) is 15.0. The van der Waals surface area contributed by atoms with E-state index in [9.17, 15) is 13.3 Å². The SMILES string of the molecule is Nc1ncnc2c1ncn2[C@@H]1O[C@@H]2CNS(=O)(=O)O[C@H]3[C@H]4OC[C@]3(COP(O)(=S)O[C@H]2[C@H]1F)O[C@H]4n1cnc2c(N)ccnc21. The molecular formula is C22H24FN10O9PS2. The Balaban J connectivity index is 1.10. The molecule has 0 amide bonds. The molecule has 4 aliphatic rings. The van der Waals surface area contributed by atoms with Crippen LogP contribution in [0.2, 0.25) is 0 Å². The zero-order chi connectivity index (χ0) is 31.3. The number of nitrogens with two attached hydrogens (primary N) is 2. The van der Waals surface area contributed by atoms with Crippen LogP contribution < -0.4 is 16.2 Å². The third kappa shape index (κ3) is 4.71. The van der Waals surface area contributed by atoms with E-state index in [1.54, 1.807) is 6.07 Å². The number of nitrogen functional groups attached to an aromatic ring is 2. The Morgan fingerprint density at radius 3 is 2.64 bits per heavy atom. The average Bonchev–Trinajstić information content (AvgIpc) is 3.80. The predicted octanol–water partition coefficient (Wildman–Crippen LogP) is -0.811. The monoisotopic (exact) mass is 686 g/mol. The lowest BCUT2D eigenvalue weighted by atomic mass is 10.0. The van der Waals surface area contributed by atoms with Crippen molar-refractivity contribution in [3.8, 4) is 0 Å². The lowest BCUT2D eigenvalue weighted by Crippen LogP contribution is -2.49. The van der Waals surface area contributed by atoms with Crippen LogP contribution in [-0.2, 0) is 49.6 Å². The first-order valence-corrected chi connectivity index (χ1v) is 17.4. The molecule has 45 heavy (non-hydrogen) atoms. The van der Waals surface area contributed by atoms with Crippen LogP contribution in [0.3, 0.4) is 0 Å². The van der Waals surface area contributed by atoms with Crippen molar-refractivity contribution in [2.24, 2.45) is 0 Å². The number of hydrogen-bond donors (Lipinski definition) is 4. The van der Waals surface area contributed by atoms with Gasteiger partial charge in [-0.1, -0.05) is 0 Å². The molecule has 8 rings (SSSR count). The summed E-state index contributed by atoms with van der Waals surface area (Å²) in [5.74, 6) is 0.0633. The van der Waals surface area contributed by atoms with Gasteiger partial charge in [0.2, 0.25) is 0 Å². The molecule has 6 N–H and O–H groups in total. The first-order valence-electron chi connectivity index (χ1n) is 13.4. The van der Waals surface area contributed by atoms with Gasteiger partial charge >= 0.3 is 17.0 Å². The van der Waals surface area contributed by atoms with Crippen molar-refractivity contribution in [1.82, 2.24) is 38.8 Å². The quantitative estimate of drug-likeness (QED) is 0.188. The molecule has 4 aromatic heterocycles. The highest BCUT2D eigenvalue weighted by Crippen LogP contribution is 2.54. The number of nitrogens with zero attached hydrogens (tertiary/aromatic N) is 7. The summed E-state index contributed by atoms with van der Waals surface area (Å²) in [5.41, 5.74) is 11.8. The number of aromatic nitrogens is 7. The Labute approximate surface area is 257 Å². The molecule has 0 aromatic carbocycles. The summed E-state index contributed by atoms with van der Waals surface area (Å²) >= 11 is 5.27. The maximum atomic E-state index is 16.1. The zero-order valence-corrected chi connectivity index (χ0v) is 25.2. The Bertz CT molecular complexity index is 1980. The number of imidazole rings is 2. The van der Waals surface area contributed by atoms with Crippen molar-refractivity contribution in [3.05, 3.63) is 31.2 Å². The van der Waals surface area contributed by atoms with Gasteiger partial charge in [-0.25, -0.2) is 33.5 Å². The summed E-state index contributed by atoms with van der Waals surface area (Å²) in [7, 11) is -4.55. The standard InChI is InChI=1S/C22H24FN10O9PS2/c23-11-14-10(39-20(11)32-8-30-13-17(25)27-6-28-19(13)32)3-31-45(35,36)42-16-15-21(33-7-29-12-9(24)1-2-26-18(12)33)40-22(16,4-37-15)5-38-43(34,44)41-14/h1-2,6-8,10-11,14-16,20-21,31H,3-5H2,(H2,24,26)(H,34,44)(H2,25,27,28)/t10-,11-,14-,15-,16+,20-,21-,22-,43?/m1/s1. The van der Waals surface area contributed by atoms with E-state index in [1.165, 1.54) is 34.3 Å². The van der Waals surface area contributed by atoms with Crippen LogP contribution in [0.5, 0.6) is 0 Å². The Morgan fingerprint density at radius 2 is 1.82 bits per heavy atom. The molecule has 0 aliphatic carbocycles. The highest BCUT2D eigenvalue weighted by Gasteiger charge is 2.65. The van der Waals surface area contributed by atoms with Gasteiger partial charge in [0.1, 0.15) is 47.4 Å². The average molecular weight is 687 g/mol. The number of fused-ring (bicyclic) bond motifs is 3. The third-order valence-corrected chi connectivity index (χ3v) is 10.6. The molecule has 4 aliphatic heterocycles. The minimum atomic E-state index is -4.55. The van der Waals surface area contributed by atoms with Crippen molar-refractivity contribution in [1.29, 1.82) is 0 Å². The van der Waals surface area contributed by atoms with Crippen LogP contribution in [0.15, 0.2) is 31.2 Å². The molecule has 240 valence electrons. The molecule has 0 saturated carbocycles. The van der Waals surface area contributed by atoms with E-state index in [-0.39, 0.29) is 23.6 Å². The molecule has 8 heterocycles. The number of rotatable bonds is 2. The molecule has 4 fully saturated rings. The summed E-state index contributed by atoms with van der Waals surface area (Å²) in [6.07, 6.45) is -4.23. The number of nitrogens with one attached hydrogen (secondary N) is 1. The largest absolute Gasteiger partial charge is 0.397 e. The topological polar surface area (TPSA) is 248 Å². The van der Waals surface area contributed by atoms with E-state index in [2.05, 4.69) is 29.6 Å². The first-order chi connectivity index (χ1) is 21.5. The first kappa shape index (κ1) is 29.4. The smallest absolute Gasteiger partial charge is 0.336 e. The summed E-state index contributed by atoms with van der Waals surface area (Å²) < 4.78 is 82.7. The molecule has 4 saturated heterocycles. The van der Waals surface area contributed by atoms with Crippen LogP contribution in [-0.4, -0.2) is 103 Å². The summed E-state index contributed by atoms with van der Waals surface area (Å²) in [5, 5.41) is 0. The Morgan fingerprint density at radius 1 is 1.07 bits per heavy atom. The Kier molecular flexibility index (Phi) is 6.69. The second-order valence-electron chi connectivity index (χ2n) is 10.8. The van der Waals surface area contributed by atoms with Crippen LogP contribution in [0.25, 0.3) is 22.3 Å². The molecule has 0 spiro atoms. The number of pyridine rings is 1. The zero-order valence-electron chi connectivity index (χ0n) is 22.7. The van der Waals surface area contributed by atoms with Crippen LogP contribution in [0.1, 0.15) is 12.5 Å². The number of anilines is 2. The fourth-order valence-corrected chi connectivity index (χ4v) is 8.45. The van der Waals surface area contributed by atoms with E-state index in [1.807, 2.05) is 0 Å². The number of halogens is 1. The van der Waals surface area contributed by atoms with E-state index in [4.69, 9.17) is 50.7 Å². The molecule has 23 heteroatoms. The lowest BCUT2D eigenvalue weighted by Gasteiger charge is -2.33. The number of ether oxygens (including phenoxy) is 3. The van der Waals surface area contributed by atoms with Gasteiger partial charge in [0, 0.05) is 12.7 Å². The van der Waals surface area contributed by atoms with Crippen molar-refractivity contribution in [3.63, 3.8) is 0 Å². The van der Waals surface area contributed by atoms with Crippen LogP contribution in [0.4, 0.5) is 15.9 Å². The van der Waals surface area contributed by atoms with Gasteiger partial charge in [-0.3, -0.25) is 13.7 Å². The summed E-state index contributed by atoms with van der Waals surface area (Å²) in [6, 6.07) is 1.58. The maximum absolute atomic E-state index is 16.1. The molecule has 1 unspecified atom stereocenters. The van der Waals surface area contributed by atoms with Crippen molar-refractivity contribution in [2.75, 3.05) is 31.2 Å². The van der Waals surface area contributed by atoms with Crippen molar-refractivity contribution >= 4 is 62.7 Å². The highest BCUT2D eigenvalue weighted by molar-refractivity contribution is 8.07. The van der Waals surface area contributed by atoms with Gasteiger partial charge in [-0.05, 0) is 17.9 Å². The third-order valence-electron chi connectivity index (χ3n) is 8.09. The number of hydrogen-bond acceptors (Lipinski definition) is 16. The van der Waals surface area contributed by atoms with E-state index < -0.39 is 78.8 Å². The van der Waals surface area contributed by atoms with Gasteiger partial charge in [0.25, 0.3) is 0 Å².